The minimum absolute atomic E-state index is 0.0189. The third-order valence-electron chi connectivity index (χ3n) is 9.01. The number of carbonyl (C=O) groups excluding carboxylic acids is 2. The Hall–Kier alpha value is -4.17. The molecule has 0 bridgehead atoms. The summed E-state index contributed by atoms with van der Waals surface area (Å²) in [4.78, 5) is 25.0. The van der Waals surface area contributed by atoms with Crippen molar-refractivity contribution in [1.29, 1.82) is 0 Å². The van der Waals surface area contributed by atoms with Crippen molar-refractivity contribution in [3.05, 3.63) is 126 Å². The molecule has 0 saturated carbocycles. The highest BCUT2D eigenvalue weighted by atomic mass is 32.2. The maximum Gasteiger partial charge on any atom is 0.305 e. The zero-order chi connectivity index (χ0) is 37.6. The first-order chi connectivity index (χ1) is 24.7. The van der Waals surface area contributed by atoms with Crippen LogP contribution < -0.4 is 10.4 Å². The van der Waals surface area contributed by atoms with Crippen LogP contribution in [0.15, 0.2) is 120 Å². The first-order valence-electron chi connectivity index (χ1n) is 17.1. The molecule has 1 fully saturated rings. The summed E-state index contributed by atoms with van der Waals surface area (Å²) >= 11 is 0. The lowest BCUT2D eigenvalue weighted by atomic mass is 9.96. The maximum atomic E-state index is 13.7. The monoisotopic (exact) mass is 746 g/mol. The second kappa shape index (κ2) is 16.2. The van der Waals surface area contributed by atoms with Gasteiger partial charge in [-0.1, -0.05) is 129 Å². The van der Waals surface area contributed by atoms with Gasteiger partial charge in [0.15, 0.2) is 6.10 Å². The molecule has 1 heterocycles. The van der Waals surface area contributed by atoms with Crippen LogP contribution in [0.1, 0.15) is 45.7 Å². The number of rotatable bonds is 14. The van der Waals surface area contributed by atoms with Crippen LogP contribution in [0.25, 0.3) is 0 Å². The van der Waals surface area contributed by atoms with E-state index in [0.717, 1.165) is 21.5 Å². The Morgan fingerprint density at radius 1 is 0.750 bits per heavy atom. The minimum atomic E-state index is -4.36. The molecule has 5 rings (SSSR count). The Morgan fingerprint density at radius 2 is 1.27 bits per heavy atom. The van der Waals surface area contributed by atoms with Gasteiger partial charge in [-0.2, -0.15) is 8.42 Å². The van der Waals surface area contributed by atoms with Gasteiger partial charge in [-0.05, 0) is 40.0 Å². The fourth-order valence-electron chi connectivity index (χ4n) is 6.59. The molecule has 1 saturated heterocycles. The van der Waals surface area contributed by atoms with E-state index in [-0.39, 0.29) is 18.1 Å². The summed E-state index contributed by atoms with van der Waals surface area (Å²) in [6, 6.07) is 35.3. The molecule has 1 aliphatic heterocycles. The number of hydrogen-bond donors (Lipinski definition) is 0. The highest BCUT2D eigenvalue weighted by molar-refractivity contribution is 7.86. The molecular weight excluding hydrogens is 701 g/mol. The average Bonchev–Trinajstić information content (AvgIpc) is 3.38. The van der Waals surface area contributed by atoms with Crippen molar-refractivity contribution >= 4 is 40.7 Å². The van der Waals surface area contributed by atoms with E-state index in [1.165, 1.54) is 26.0 Å². The predicted octanol–water partition coefficient (Wildman–Crippen LogP) is 5.45. The second-order valence-corrected chi connectivity index (χ2v) is 19.9. The van der Waals surface area contributed by atoms with Crippen LogP contribution in [0.3, 0.4) is 0 Å². The van der Waals surface area contributed by atoms with Crippen LogP contribution in [0.4, 0.5) is 0 Å². The summed E-state index contributed by atoms with van der Waals surface area (Å²) in [5.41, 5.74) is -0.133. The van der Waals surface area contributed by atoms with Crippen molar-refractivity contribution in [1.82, 2.24) is 0 Å². The molecule has 12 heteroatoms. The van der Waals surface area contributed by atoms with Crippen molar-refractivity contribution in [3.8, 4) is 0 Å². The predicted molar refractivity (Wildman–Crippen MR) is 198 cm³/mol. The van der Waals surface area contributed by atoms with Crippen molar-refractivity contribution in [2.24, 2.45) is 0 Å². The van der Waals surface area contributed by atoms with E-state index >= 15 is 0 Å². The molecule has 1 aliphatic rings. The number of aryl methyl sites for hydroxylation is 1. The summed E-state index contributed by atoms with van der Waals surface area (Å²) in [6.45, 7) is 9.67. The van der Waals surface area contributed by atoms with Gasteiger partial charge in [0.05, 0.1) is 18.1 Å². The molecule has 0 aromatic heterocycles. The van der Waals surface area contributed by atoms with E-state index in [0.29, 0.717) is 0 Å². The Kier molecular flexibility index (Phi) is 12.2. The fourth-order valence-corrected chi connectivity index (χ4v) is 12.2. The minimum Gasteiger partial charge on any atom is -0.453 e. The van der Waals surface area contributed by atoms with Crippen LogP contribution in [-0.4, -0.2) is 66.0 Å². The molecular formula is C40H46O10SSi. The molecule has 52 heavy (non-hydrogen) atoms. The zero-order valence-electron chi connectivity index (χ0n) is 30.3. The number of hydrogen-bond acceptors (Lipinski definition) is 10. The van der Waals surface area contributed by atoms with E-state index < -0.39 is 66.1 Å². The molecule has 1 unspecified atom stereocenters. The highest BCUT2D eigenvalue weighted by Crippen LogP contribution is 2.42. The van der Waals surface area contributed by atoms with Crippen molar-refractivity contribution in [3.63, 3.8) is 0 Å². The summed E-state index contributed by atoms with van der Waals surface area (Å²) in [5.74, 6) is -1.39. The van der Waals surface area contributed by atoms with Gasteiger partial charge in [0, 0.05) is 13.8 Å². The van der Waals surface area contributed by atoms with E-state index in [2.05, 4.69) is 20.8 Å². The lowest BCUT2D eigenvalue weighted by Gasteiger charge is -2.45. The molecule has 4 atom stereocenters. The average molecular weight is 747 g/mol. The van der Waals surface area contributed by atoms with Gasteiger partial charge in [-0.25, -0.2) is 0 Å². The Balaban J connectivity index is 1.67. The normalized spacial score (nSPS) is 20.7. The number of carbonyl (C=O) groups is 2. The molecule has 0 aliphatic carbocycles. The Bertz CT molecular complexity index is 1860. The van der Waals surface area contributed by atoms with Crippen molar-refractivity contribution < 1.29 is 45.6 Å². The van der Waals surface area contributed by atoms with Gasteiger partial charge in [0.25, 0.3) is 18.4 Å². The molecule has 276 valence electrons. The number of esters is 2. The van der Waals surface area contributed by atoms with Gasteiger partial charge in [0.1, 0.15) is 18.3 Å². The number of benzene rings is 4. The molecule has 4 aromatic carbocycles. The first kappa shape index (κ1) is 39.0. The smallest absolute Gasteiger partial charge is 0.305 e. The van der Waals surface area contributed by atoms with Crippen LogP contribution in [-0.2, 0) is 53.9 Å². The summed E-state index contributed by atoms with van der Waals surface area (Å²) in [7, 11) is -7.65. The molecule has 10 nitrogen and oxygen atoms in total. The largest absolute Gasteiger partial charge is 0.453 e. The van der Waals surface area contributed by atoms with E-state index in [1.54, 1.807) is 12.1 Å². The van der Waals surface area contributed by atoms with Gasteiger partial charge in [0.2, 0.25) is 6.29 Å². The summed E-state index contributed by atoms with van der Waals surface area (Å²) < 4.78 is 65.1. The van der Waals surface area contributed by atoms with Crippen LogP contribution in [0.5, 0.6) is 0 Å². The second-order valence-electron chi connectivity index (χ2n) is 13.9. The van der Waals surface area contributed by atoms with Gasteiger partial charge in [-0.15, -0.1) is 0 Å². The van der Waals surface area contributed by atoms with Crippen LogP contribution in [0, 0.1) is 6.92 Å². The van der Waals surface area contributed by atoms with Gasteiger partial charge in [-0.3, -0.25) is 13.8 Å². The number of ether oxygens (including phenoxy) is 4. The molecule has 0 amide bonds. The maximum absolute atomic E-state index is 13.7. The third-order valence-corrected chi connectivity index (χ3v) is 15.3. The van der Waals surface area contributed by atoms with Gasteiger partial charge >= 0.3 is 11.9 Å². The Labute approximate surface area is 307 Å². The topological polar surface area (TPSA) is 124 Å². The van der Waals surface area contributed by atoms with Gasteiger partial charge < -0.3 is 23.4 Å². The molecule has 0 N–H and O–H groups in total. The van der Waals surface area contributed by atoms with Crippen LogP contribution in [0.2, 0.25) is 5.04 Å². The van der Waals surface area contributed by atoms with Crippen molar-refractivity contribution in [2.45, 2.75) is 82.2 Å². The fraction of sp³-hybridized carbons (Fsp3) is 0.350. The zero-order valence-corrected chi connectivity index (χ0v) is 32.1. The summed E-state index contributed by atoms with van der Waals surface area (Å²) in [5, 5.41) is 1.45. The van der Waals surface area contributed by atoms with Crippen molar-refractivity contribution in [2.75, 3.05) is 13.2 Å². The lowest BCUT2D eigenvalue weighted by molar-refractivity contribution is -0.212. The van der Waals surface area contributed by atoms with E-state index in [4.69, 9.17) is 27.6 Å². The Morgan fingerprint density at radius 3 is 1.77 bits per heavy atom. The first-order valence-corrected chi connectivity index (χ1v) is 20.4. The van der Waals surface area contributed by atoms with E-state index in [9.17, 15) is 18.0 Å². The molecule has 4 aromatic rings. The highest BCUT2D eigenvalue weighted by Gasteiger charge is 2.62. The van der Waals surface area contributed by atoms with E-state index in [1.807, 2.05) is 97.9 Å². The summed E-state index contributed by atoms with van der Waals surface area (Å²) in [6.07, 6.45) is -4.01. The lowest BCUT2D eigenvalue weighted by Crippen LogP contribution is -2.68. The quantitative estimate of drug-likeness (QED) is 0.0935. The molecule has 0 spiro atoms. The standard InChI is InChI=1S/C40H46O10SSi/c1-29-22-24-33(25-23-29)51(43,44)46-27-40(28-47-52(39(4,5)6,34-18-12-8-13-19-34)35-20-14-9-15-21-35)37(45-26-32-16-10-7-11-17-32)36(48-30(2)41)38(50-40)49-31(3)42/h7-25,36-38H,26-28H2,1-6H3/t36-,37?,38-,40+/m0/s1. The third kappa shape index (κ3) is 8.71. The molecule has 0 radical (unpaired) electrons. The SMILES string of the molecule is CC(=O)O[C@H]1O[C@@](CO[Si](c2ccccc2)(c2ccccc2)C(C)(C)C)(COS(=O)(=O)c2ccc(C)cc2)C(OCc2ccccc2)[C@@H]1OC(C)=O. The van der Waals surface area contributed by atoms with Crippen LogP contribution >= 0.6 is 0 Å².